The normalized spacial score (nSPS) is 11.0. The molecule has 9 heteroatoms. The van der Waals surface area contributed by atoms with Crippen molar-refractivity contribution in [3.63, 3.8) is 0 Å². The molecule has 0 spiro atoms. The molecule has 0 saturated carbocycles. The Bertz CT molecular complexity index is 993. The van der Waals surface area contributed by atoms with E-state index in [-0.39, 0.29) is 11.3 Å². The van der Waals surface area contributed by atoms with Crippen molar-refractivity contribution >= 4 is 15.7 Å². The summed E-state index contributed by atoms with van der Waals surface area (Å²) in [4.78, 5) is 0.100. The van der Waals surface area contributed by atoms with Gasteiger partial charge in [-0.15, -0.1) is 5.10 Å². The largest absolute Gasteiger partial charge is 0.280 e. The minimum absolute atomic E-state index is 0.100. The quantitative estimate of drug-likeness (QED) is 0.753. The molecule has 0 aliphatic carbocycles. The summed E-state index contributed by atoms with van der Waals surface area (Å²) in [5.74, 6) is 0. The van der Waals surface area contributed by atoms with Gasteiger partial charge < -0.3 is 0 Å². The second-order valence-corrected chi connectivity index (χ2v) is 6.57. The van der Waals surface area contributed by atoms with Crippen LogP contribution in [0.25, 0.3) is 5.69 Å². The van der Waals surface area contributed by atoms with E-state index in [2.05, 4.69) is 20.2 Å². The molecule has 1 aromatic heterocycles. The van der Waals surface area contributed by atoms with Crippen molar-refractivity contribution in [1.82, 2.24) is 20.2 Å². The number of hydrogen-bond donors (Lipinski definition) is 1. The molecular formula is C15H12N6O2S. The molecule has 0 amide bonds. The third-order valence-electron chi connectivity index (χ3n) is 3.20. The van der Waals surface area contributed by atoms with Gasteiger partial charge in [0.05, 0.1) is 28.8 Å². The second-order valence-electron chi connectivity index (χ2n) is 4.89. The Hall–Kier alpha value is -3.25. The number of nitrogens with zero attached hydrogens (tertiary/aromatic N) is 5. The van der Waals surface area contributed by atoms with Gasteiger partial charge in [0.2, 0.25) is 0 Å². The van der Waals surface area contributed by atoms with E-state index >= 15 is 0 Å². The van der Waals surface area contributed by atoms with Gasteiger partial charge in [-0.25, -0.2) is 13.1 Å². The lowest BCUT2D eigenvalue weighted by Crippen LogP contribution is -2.13. The van der Waals surface area contributed by atoms with E-state index in [9.17, 15) is 8.42 Å². The van der Waals surface area contributed by atoms with Crippen molar-refractivity contribution in [2.24, 2.45) is 0 Å². The predicted octanol–water partition coefficient (Wildman–Crippen LogP) is 1.53. The minimum Gasteiger partial charge on any atom is -0.280 e. The summed E-state index contributed by atoms with van der Waals surface area (Å²) < 4.78 is 29.0. The number of aromatic nitrogens is 4. The Labute approximate surface area is 138 Å². The summed E-state index contributed by atoms with van der Waals surface area (Å²) in [5, 5.41) is 19.6. The Morgan fingerprint density at radius 1 is 1.17 bits per heavy atom. The number of sulfonamides is 1. The SMILES string of the molecule is N#CCc1cccc(S(=O)(=O)Nc2cccc(-n3cnnn3)c2)c1. The van der Waals surface area contributed by atoms with E-state index in [1.807, 2.05) is 6.07 Å². The number of benzene rings is 2. The molecule has 0 bridgehead atoms. The van der Waals surface area contributed by atoms with E-state index in [0.717, 1.165) is 0 Å². The molecule has 1 heterocycles. The van der Waals surface area contributed by atoms with Gasteiger partial charge in [0.25, 0.3) is 10.0 Å². The van der Waals surface area contributed by atoms with Gasteiger partial charge in [0.15, 0.2) is 0 Å². The van der Waals surface area contributed by atoms with Crippen LogP contribution >= 0.6 is 0 Å². The van der Waals surface area contributed by atoms with E-state index in [1.165, 1.54) is 23.1 Å². The number of nitriles is 1. The van der Waals surface area contributed by atoms with Gasteiger partial charge >= 0.3 is 0 Å². The van der Waals surface area contributed by atoms with Gasteiger partial charge in [-0.3, -0.25) is 4.72 Å². The van der Waals surface area contributed by atoms with Crippen LogP contribution in [0.15, 0.2) is 59.8 Å². The molecule has 8 nitrogen and oxygen atoms in total. The van der Waals surface area contributed by atoms with Crippen LogP contribution in [-0.2, 0) is 16.4 Å². The highest BCUT2D eigenvalue weighted by Crippen LogP contribution is 2.19. The van der Waals surface area contributed by atoms with Gasteiger partial charge in [-0.05, 0) is 46.3 Å². The second kappa shape index (κ2) is 6.47. The summed E-state index contributed by atoms with van der Waals surface area (Å²) in [7, 11) is -3.76. The lowest BCUT2D eigenvalue weighted by atomic mass is 10.2. The van der Waals surface area contributed by atoms with Crippen LogP contribution in [0.4, 0.5) is 5.69 Å². The standard InChI is InChI=1S/C15H12N6O2S/c16-8-7-12-3-1-6-15(9-12)24(22,23)18-13-4-2-5-14(10-13)21-11-17-19-20-21/h1-6,9-11,18H,7H2. The van der Waals surface area contributed by atoms with Crippen LogP contribution in [0, 0.1) is 11.3 Å². The van der Waals surface area contributed by atoms with Crippen LogP contribution in [0.5, 0.6) is 0 Å². The summed E-state index contributed by atoms with van der Waals surface area (Å²) in [5.41, 5.74) is 1.65. The van der Waals surface area contributed by atoms with Crippen LogP contribution in [0.3, 0.4) is 0 Å². The fraction of sp³-hybridized carbons (Fsp3) is 0.0667. The predicted molar refractivity (Wildman–Crippen MR) is 85.7 cm³/mol. The molecule has 0 fully saturated rings. The van der Waals surface area contributed by atoms with Gasteiger partial charge in [-0.2, -0.15) is 5.26 Å². The van der Waals surface area contributed by atoms with Crippen molar-refractivity contribution in [3.8, 4) is 11.8 Å². The van der Waals surface area contributed by atoms with Gasteiger partial charge in [-0.1, -0.05) is 18.2 Å². The van der Waals surface area contributed by atoms with Crippen molar-refractivity contribution in [1.29, 1.82) is 5.26 Å². The monoisotopic (exact) mass is 340 g/mol. The molecule has 2 aromatic carbocycles. The van der Waals surface area contributed by atoms with Crippen LogP contribution in [0.1, 0.15) is 5.56 Å². The van der Waals surface area contributed by atoms with Crippen molar-refractivity contribution in [2.75, 3.05) is 4.72 Å². The Morgan fingerprint density at radius 2 is 2.00 bits per heavy atom. The molecule has 0 atom stereocenters. The molecule has 0 aliphatic heterocycles. The third-order valence-corrected chi connectivity index (χ3v) is 4.58. The summed E-state index contributed by atoms with van der Waals surface area (Å²) >= 11 is 0. The average molecular weight is 340 g/mol. The maximum absolute atomic E-state index is 12.5. The van der Waals surface area contributed by atoms with Crippen molar-refractivity contribution in [2.45, 2.75) is 11.3 Å². The molecule has 3 aromatic rings. The maximum atomic E-state index is 12.5. The van der Waals surface area contributed by atoms with Crippen LogP contribution in [-0.4, -0.2) is 28.6 Å². The fourth-order valence-electron chi connectivity index (χ4n) is 2.12. The van der Waals surface area contributed by atoms with E-state index in [0.29, 0.717) is 16.9 Å². The van der Waals surface area contributed by atoms with E-state index in [1.54, 1.807) is 36.4 Å². The van der Waals surface area contributed by atoms with Gasteiger partial charge in [0.1, 0.15) is 6.33 Å². The first-order chi connectivity index (χ1) is 11.6. The highest BCUT2D eigenvalue weighted by atomic mass is 32.2. The molecule has 0 saturated heterocycles. The number of rotatable bonds is 5. The highest BCUT2D eigenvalue weighted by Gasteiger charge is 2.15. The average Bonchev–Trinajstić information content (AvgIpc) is 3.10. The summed E-state index contributed by atoms with van der Waals surface area (Å²) in [6.07, 6.45) is 1.57. The Kier molecular flexibility index (Phi) is 4.22. The number of nitrogens with one attached hydrogen (secondary N) is 1. The fourth-order valence-corrected chi connectivity index (χ4v) is 3.24. The van der Waals surface area contributed by atoms with Crippen molar-refractivity contribution in [3.05, 3.63) is 60.4 Å². The first-order valence-electron chi connectivity index (χ1n) is 6.91. The lowest BCUT2D eigenvalue weighted by molar-refractivity contribution is 0.601. The minimum atomic E-state index is -3.76. The first kappa shape index (κ1) is 15.6. The third kappa shape index (κ3) is 3.39. The lowest BCUT2D eigenvalue weighted by Gasteiger charge is -2.10. The smallest absolute Gasteiger partial charge is 0.261 e. The molecule has 24 heavy (non-hydrogen) atoms. The number of anilines is 1. The molecule has 1 N–H and O–H groups in total. The Morgan fingerprint density at radius 3 is 2.75 bits per heavy atom. The summed E-state index contributed by atoms with van der Waals surface area (Å²) in [6, 6.07) is 15.0. The first-order valence-corrected chi connectivity index (χ1v) is 8.39. The zero-order valence-corrected chi connectivity index (χ0v) is 13.2. The topological polar surface area (TPSA) is 114 Å². The number of tetrazole rings is 1. The highest BCUT2D eigenvalue weighted by molar-refractivity contribution is 7.92. The molecule has 0 aliphatic rings. The maximum Gasteiger partial charge on any atom is 0.261 e. The molecule has 0 unspecified atom stereocenters. The van der Waals surface area contributed by atoms with Crippen LogP contribution < -0.4 is 4.72 Å². The zero-order chi connectivity index (χ0) is 17.0. The van der Waals surface area contributed by atoms with Crippen LogP contribution in [0.2, 0.25) is 0 Å². The summed E-state index contributed by atoms with van der Waals surface area (Å²) in [6.45, 7) is 0. The Balaban J connectivity index is 1.89. The van der Waals surface area contributed by atoms with Crippen molar-refractivity contribution < 1.29 is 8.42 Å². The van der Waals surface area contributed by atoms with Gasteiger partial charge in [0, 0.05) is 0 Å². The number of hydrogen-bond acceptors (Lipinski definition) is 6. The zero-order valence-electron chi connectivity index (χ0n) is 12.4. The molecule has 3 rings (SSSR count). The van der Waals surface area contributed by atoms with E-state index in [4.69, 9.17) is 5.26 Å². The molecule has 120 valence electrons. The van der Waals surface area contributed by atoms with E-state index < -0.39 is 10.0 Å². The molecule has 0 radical (unpaired) electrons. The molecular weight excluding hydrogens is 328 g/mol.